The lowest BCUT2D eigenvalue weighted by molar-refractivity contribution is 0.473. The molecule has 1 aliphatic heterocycles. The zero-order chi connectivity index (χ0) is 18.4. The van der Waals surface area contributed by atoms with Crippen LogP contribution in [0.4, 0.5) is 10.3 Å². The number of aromatic hydroxyl groups is 1. The van der Waals surface area contributed by atoms with Gasteiger partial charge in [0.1, 0.15) is 11.6 Å². The number of fused-ring (bicyclic) bond motifs is 3. The molecule has 0 aliphatic carbocycles. The minimum atomic E-state index is -0.264. The number of rotatable bonds is 2. The third kappa shape index (κ3) is 2.59. The maximum Gasteiger partial charge on any atom is 0.231 e. The van der Waals surface area contributed by atoms with E-state index in [2.05, 4.69) is 9.55 Å². The molecule has 1 aromatic heterocycles. The molecule has 0 saturated carbocycles. The molecule has 2 heterocycles. The fourth-order valence-electron chi connectivity index (χ4n) is 3.70. The van der Waals surface area contributed by atoms with E-state index in [0.29, 0.717) is 17.9 Å². The van der Waals surface area contributed by atoms with Crippen molar-refractivity contribution < 1.29 is 9.50 Å². The van der Waals surface area contributed by atoms with E-state index in [1.807, 2.05) is 36.4 Å². The topological polar surface area (TPSA) is 50.4 Å². The van der Waals surface area contributed by atoms with Crippen LogP contribution in [-0.2, 0) is 0 Å². The van der Waals surface area contributed by atoms with Crippen LogP contribution in [0.15, 0.2) is 77.8 Å². The molecule has 1 atom stereocenters. The van der Waals surface area contributed by atoms with Crippen LogP contribution in [0, 0.1) is 5.82 Å². The third-order valence-corrected chi connectivity index (χ3v) is 4.98. The molecule has 0 bridgehead atoms. The zero-order valence-corrected chi connectivity index (χ0v) is 14.4. The first-order chi connectivity index (χ1) is 13.2. The van der Waals surface area contributed by atoms with Crippen molar-refractivity contribution in [3.05, 3.63) is 89.7 Å². The summed E-state index contributed by atoms with van der Waals surface area (Å²) in [4.78, 5) is 9.41. The molecule has 132 valence electrons. The van der Waals surface area contributed by atoms with Crippen LogP contribution in [0.25, 0.3) is 11.0 Å². The molecular weight excluding hydrogens is 341 g/mol. The Balaban J connectivity index is 1.74. The van der Waals surface area contributed by atoms with Crippen molar-refractivity contribution in [2.75, 3.05) is 0 Å². The summed E-state index contributed by atoms with van der Waals surface area (Å²) in [6.45, 7) is 0. The molecule has 1 N–H and O–H groups in total. The molecule has 3 aromatic carbocycles. The second kappa shape index (κ2) is 6.06. The van der Waals surface area contributed by atoms with Crippen molar-refractivity contribution in [2.24, 2.45) is 4.99 Å². The van der Waals surface area contributed by atoms with E-state index in [1.54, 1.807) is 24.3 Å². The molecule has 0 unspecified atom stereocenters. The monoisotopic (exact) mass is 357 g/mol. The van der Waals surface area contributed by atoms with Crippen LogP contribution in [0.1, 0.15) is 23.6 Å². The van der Waals surface area contributed by atoms with Gasteiger partial charge in [-0.15, -0.1) is 0 Å². The SMILES string of the molecule is Oc1ccccc1C1=Nc2nc3ccccc3n2[C@@H](c2ccc(F)cc2)C1. The number of phenolic OH excluding ortho intramolecular Hbond substituents is 1. The highest BCUT2D eigenvalue weighted by Crippen LogP contribution is 2.38. The summed E-state index contributed by atoms with van der Waals surface area (Å²) in [5.41, 5.74) is 4.29. The Hall–Kier alpha value is -3.47. The third-order valence-electron chi connectivity index (χ3n) is 4.98. The lowest BCUT2D eigenvalue weighted by Gasteiger charge is -2.26. The standard InChI is InChI=1S/C22H16FN3O/c23-15-11-9-14(10-12-15)20-13-18(16-5-1-4-8-21(16)27)25-22-24-17-6-2-3-7-19(17)26(20)22/h1-12,20,27H,13H2/t20-/m1/s1. The van der Waals surface area contributed by atoms with Crippen LogP contribution < -0.4 is 0 Å². The van der Waals surface area contributed by atoms with Gasteiger partial charge in [-0.3, -0.25) is 0 Å². The Morgan fingerprint density at radius 3 is 2.48 bits per heavy atom. The number of nitrogens with zero attached hydrogens (tertiary/aromatic N) is 3. The number of imidazole rings is 1. The van der Waals surface area contributed by atoms with E-state index < -0.39 is 0 Å². The van der Waals surface area contributed by atoms with Crippen molar-refractivity contribution in [3.8, 4) is 5.75 Å². The molecular formula is C22H16FN3O. The van der Waals surface area contributed by atoms with Gasteiger partial charge in [-0.1, -0.05) is 36.4 Å². The van der Waals surface area contributed by atoms with Crippen molar-refractivity contribution in [2.45, 2.75) is 12.5 Å². The number of aliphatic imine (C=N–C) groups is 1. The molecule has 0 saturated heterocycles. The Morgan fingerprint density at radius 2 is 1.67 bits per heavy atom. The average Bonchev–Trinajstić information content (AvgIpc) is 3.07. The Kier molecular flexibility index (Phi) is 3.53. The first-order valence-electron chi connectivity index (χ1n) is 8.79. The molecule has 5 heteroatoms. The minimum absolute atomic E-state index is 0.0832. The molecule has 4 aromatic rings. The zero-order valence-electron chi connectivity index (χ0n) is 14.4. The maximum atomic E-state index is 13.5. The highest BCUT2D eigenvalue weighted by atomic mass is 19.1. The quantitative estimate of drug-likeness (QED) is 0.549. The smallest absolute Gasteiger partial charge is 0.231 e. The van der Waals surface area contributed by atoms with Crippen LogP contribution in [0.5, 0.6) is 5.75 Å². The number of hydrogen-bond acceptors (Lipinski definition) is 3. The summed E-state index contributed by atoms with van der Waals surface area (Å²) < 4.78 is 15.6. The van der Waals surface area contributed by atoms with Crippen molar-refractivity contribution in [3.63, 3.8) is 0 Å². The van der Waals surface area contributed by atoms with Gasteiger partial charge in [0.25, 0.3) is 0 Å². The van der Waals surface area contributed by atoms with Gasteiger partial charge in [0.15, 0.2) is 0 Å². The van der Waals surface area contributed by atoms with E-state index in [1.165, 1.54) is 12.1 Å². The van der Waals surface area contributed by atoms with Gasteiger partial charge in [-0.25, -0.2) is 14.4 Å². The molecule has 5 rings (SSSR count). The second-order valence-corrected chi connectivity index (χ2v) is 6.62. The summed E-state index contributed by atoms with van der Waals surface area (Å²) in [7, 11) is 0. The van der Waals surface area contributed by atoms with E-state index in [-0.39, 0.29) is 17.6 Å². The Bertz CT molecular complexity index is 1180. The summed E-state index contributed by atoms with van der Waals surface area (Å²) >= 11 is 0. The first kappa shape index (κ1) is 15.8. The van der Waals surface area contributed by atoms with Gasteiger partial charge in [0.2, 0.25) is 5.95 Å². The van der Waals surface area contributed by atoms with Gasteiger partial charge in [0, 0.05) is 12.0 Å². The summed E-state index contributed by atoms with van der Waals surface area (Å²) in [5, 5.41) is 10.3. The van der Waals surface area contributed by atoms with Crippen molar-refractivity contribution in [1.82, 2.24) is 9.55 Å². The highest BCUT2D eigenvalue weighted by Gasteiger charge is 2.28. The van der Waals surface area contributed by atoms with E-state index in [4.69, 9.17) is 4.99 Å². The van der Waals surface area contributed by atoms with Crippen LogP contribution in [-0.4, -0.2) is 20.4 Å². The summed E-state index contributed by atoms with van der Waals surface area (Å²) in [6, 6.07) is 21.5. The van der Waals surface area contributed by atoms with Crippen LogP contribution in [0.3, 0.4) is 0 Å². The fraction of sp³-hybridized carbons (Fsp3) is 0.0909. The predicted molar refractivity (Wildman–Crippen MR) is 103 cm³/mol. The van der Waals surface area contributed by atoms with Gasteiger partial charge < -0.3 is 9.67 Å². The van der Waals surface area contributed by atoms with E-state index >= 15 is 0 Å². The normalized spacial score (nSPS) is 16.2. The predicted octanol–water partition coefficient (Wildman–Crippen LogP) is 4.99. The number of phenols is 1. The van der Waals surface area contributed by atoms with E-state index in [0.717, 1.165) is 22.3 Å². The maximum absolute atomic E-state index is 13.5. The van der Waals surface area contributed by atoms with Gasteiger partial charge >= 0.3 is 0 Å². The largest absolute Gasteiger partial charge is 0.507 e. The second-order valence-electron chi connectivity index (χ2n) is 6.62. The number of benzene rings is 3. The average molecular weight is 357 g/mol. The summed E-state index contributed by atoms with van der Waals surface area (Å²) in [6.07, 6.45) is 0.580. The minimum Gasteiger partial charge on any atom is -0.507 e. The number of aromatic nitrogens is 2. The number of hydrogen-bond donors (Lipinski definition) is 1. The molecule has 0 radical (unpaired) electrons. The molecule has 4 nitrogen and oxygen atoms in total. The highest BCUT2D eigenvalue weighted by molar-refractivity contribution is 6.05. The van der Waals surface area contributed by atoms with Crippen LogP contribution >= 0.6 is 0 Å². The van der Waals surface area contributed by atoms with Crippen molar-refractivity contribution >= 4 is 22.7 Å². The molecule has 0 amide bonds. The van der Waals surface area contributed by atoms with Crippen LogP contribution in [0.2, 0.25) is 0 Å². The molecule has 27 heavy (non-hydrogen) atoms. The summed E-state index contributed by atoms with van der Waals surface area (Å²) in [5.74, 6) is 0.522. The molecule has 0 fully saturated rings. The number of para-hydroxylation sites is 3. The van der Waals surface area contributed by atoms with E-state index in [9.17, 15) is 9.50 Å². The molecule has 1 aliphatic rings. The Morgan fingerprint density at radius 1 is 0.926 bits per heavy atom. The first-order valence-corrected chi connectivity index (χ1v) is 8.79. The fourth-order valence-corrected chi connectivity index (χ4v) is 3.70. The van der Waals surface area contributed by atoms with Crippen molar-refractivity contribution in [1.29, 1.82) is 0 Å². The lowest BCUT2D eigenvalue weighted by atomic mass is 9.95. The lowest BCUT2D eigenvalue weighted by Crippen LogP contribution is -2.20. The number of halogens is 1. The molecule has 0 spiro atoms. The van der Waals surface area contributed by atoms with Gasteiger partial charge in [0.05, 0.1) is 22.8 Å². The van der Waals surface area contributed by atoms with Gasteiger partial charge in [-0.05, 0) is 42.0 Å². The Labute approximate surface area is 155 Å². The van der Waals surface area contributed by atoms with Gasteiger partial charge in [-0.2, -0.15) is 0 Å².